The van der Waals surface area contributed by atoms with E-state index in [0.29, 0.717) is 24.8 Å². The van der Waals surface area contributed by atoms with E-state index in [4.69, 9.17) is 4.74 Å². The summed E-state index contributed by atoms with van der Waals surface area (Å²) in [6.07, 6.45) is 0.759. The molecule has 0 aliphatic rings. The van der Waals surface area contributed by atoms with Gasteiger partial charge in [0.25, 0.3) is 5.91 Å². The van der Waals surface area contributed by atoms with Gasteiger partial charge in [-0.2, -0.15) is 0 Å². The maximum atomic E-state index is 12.6. The van der Waals surface area contributed by atoms with E-state index in [0.717, 1.165) is 17.8 Å². The first-order chi connectivity index (χ1) is 10.8. The van der Waals surface area contributed by atoms with Crippen LogP contribution in [0.5, 0.6) is 0 Å². The van der Waals surface area contributed by atoms with Crippen LogP contribution in [0.1, 0.15) is 48.1 Å². The van der Waals surface area contributed by atoms with E-state index in [2.05, 4.69) is 23.7 Å². The Balaban J connectivity index is 2.67. The molecule has 1 aromatic rings. The Bertz CT molecular complexity index is 550. The molecule has 130 valence electrons. The fourth-order valence-electron chi connectivity index (χ4n) is 2.78. The Morgan fingerprint density at radius 1 is 1.35 bits per heavy atom. The van der Waals surface area contributed by atoms with Crippen molar-refractivity contribution in [2.45, 2.75) is 40.2 Å². The number of aromatic nitrogens is 1. The number of nitrogens with one attached hydrogen (secondary N) is 1. The van der Waals surface area contributed by atoms with Gasteiger partial charge in [-0.15, -0.1) is 0 Å². The van der Waals surface area contributed by atoms with Gasteiger partial charge in [-0.3, -0.25) is 9.59 Å². The van der Waals surface area contributed by atoms with Gasteiger partial charge < -0.3 is 19.5 Å². The maximum Gasteiger partial charge on any atom is 0.255 e. The third-order valence-corrected chi connectivity index (χ3v) is 3.81. The summed E-state index contributed by atoms with van der Waals surface area (Å²) in [5.41, 5.74) is 2.65. The molecule has 0 radical (unpaired) electrons. The molecule has 0 aliphatic carbocycles. The van der Waals surface area contributed by atoms with Crippen molar-refractivity contribution in [1.29, 1.82) is 0 Å². The molecule has 0 fully saturated rings. The van der Waals surface area contributed by atoms with Gasteiger partial charge in [0.2, 0.25) is 5.91 Å². The zero-order valence-electron chi connectivity index (χ0n) is 15.1. The number of nitrogens with zero attached hydrogens (tertiary/aromatic N) is 2. The molecule has 6 heteroatoms. The van der Waals surface area contributed by atoms with Crippen LogP contribution < -0.4 is 5.32 Å². The number of carbonyl (C=O) groups is 2. The predicted octanol–water partition coefficient (Wildman–Crippen LogP) is 1.91. The average Bonchev–Trinajstić information content (AvgIpc) is 2.77. The number of carbonyl (C=O) groups excluding carboxylic acids is 2. The number of hydrogen-bond donors (Lipinski definition) is 1. The van der Waals surface area contributed by atoms with Crippen LogP contribution in [0.3, 0.4) is 0 Å². The first kappa shape index (κ1) is 19.2. The van der Waals surface area contributed by atoms with Crippen LogP contribution >= 0.6 is 0 Å². The van der Waals surface area contributed by atoms with Crippen molar-refractivity contribution in [1.82, 2.24) is 14.8 Å². The summed E-state index contributed by atoms with van der Waals surface area (Å²) in [6.45, 7) is 9.33. The second-order valence-corrected chi connectivity index (χ2v) is 6.11. The van der Waals surface area contributed by atoms with Crippen LogP contribution in [0.25, 0.3) is 0 Å². The average molecular weight is 323 g/mol. The predicted molar refractivity (Wildman–Crippen MR) is 90.8 cm³/mol. The second kappa shape index (κ2) is 8.72. The van der Waals surface area contributed by atoms with Crippen molar-refractivity contribution in [3.05, 3.63) is 23.0 Å². The molecule has 6 nitrogen and oxygen atoms in total. The number of methoxy groups -OCH3 is 1. The van der Waals surface area contributed by atoms with Crippen molar-refractivity contribution in [2.24, 2.45) is 0 Å². The molecule has 2 amide bonds. The molecule has 1 aromatic heterocycles. The van der Waals surface area contributed by atoms with Crippen molar-refractivity contribution in [2.75, 3.05) is 33.9 Å². The zero-order valence-corrected chi connectivity index (χ0v) is 15.1. The van der Waals surface area contributed by atoms with Crippen LogP contribution in [0, 0.1) is 13.8 Å². The minimum atomic E-state index is -0.158. The van der Waals surface area contributed by atoms with Gasteiger partial charge >= 0.3 is 0 Å². The molecular weight excluding hydrogens is 294 g/mol. The highest BCUT2D eigenvalue weighted by Gasteiger charge is 2.21. The van der Waals surface area contributed by atoms with Crippen molar-refractivity contribution >= 4 is 11.8 Å². The van der Waals surface area contributed by atoms with Crippen LogP contribution in [-0.4, -0.2) is 55.1 Å². The van der Waals surface area contributed by atoms with Crippen LogP contribution in [0.15, 0.2) is 6.07 Å². The van der Waals surface area contributed by atoms with Crippen molar-refractivity contribution in [3.8, 4) is 0 Å². The van der Waals surface area contributed by atoms with Crippen molar-refractivity contribution in [3.63, 3.8) is 0 Å². The Morgan fingerprint density at radius 2 is 2.00 bits per heavy atom. The molecule has 1 rings (SSSR count). The summed E-state index contributed by atoms with van der Waals surface area (Å²) in [5, 5.41) is 2.79. The van der Waals surface area contributed by atoms with Gasteiger partial charge in [-0.25, -0.2) is 0 Å². The highest BCUT2D eigenvalue weighted by Crippen LogP contribution is 2.21. The second-order valence-electron chi connectivity index (χ2n) is 6.11. The van der Waals surface area contributed by atoms with E-state index in [1.165, 1.54) is 4.90 Å². The Morgan fingerprint density at radius 3 is 2.52 bits per heavy atom. The lowest BCUT2D eigenvalue weighted by atomic mass is 10.2. The SMILES string of the molecule is COCCCNC(=O)CN(C)C(=O)c1cc(C)n(C(C)C)c1C. The van der Waals surface area contributed by atoms with Gasteiger partial charge in [0.15, 0.2) is 0 Å². The molecule has 0 saturated heterocycles. The molecule has 1 N–H and O–H groups in total. The molecule has 1 heterocycles. The summed E-state index contributed by atoms with van der Waals surface area (Å²) in [5.74, 6) is -0.285. The molecule has 0 unspecified atom stereocenters. The number of ether oxygens (including phenoxy) is 1. The Labute approximate surface area is 138 Å². The number of rotatable bonds is 8. The summed E-state index contributed by atoms with van der Waals surface area (Å²) in [6, 6.07) is 2.19. The van der Waals surface area contributed by atoms with Crippen LogP contribution in [0.4, 0.5) is 0 Å². The largest absolute Gasteiger partial charge is 0.385 e. The van der Waals surface area contributed by atoms with Gasteiger partial charge in [-0.05, 0) is 40.2 Å². The number of likely N-dealkylation sites (N-methyl/N-ethyl adjacent to an activating group) is 1. The zero-order chi connectivity index (χ0) is 17.6. The van der Waals surface area contributed by atoms with E-state index in [1.54, 1.807) is 14.2 Å². The van der Waals surface area contributed by atoms with E-state index < -0.39 is 0 Å². The summed E-state index contributed by atoms with van der Waals surface area (Å²) >= 11 is 0. The number of aryl methyl sites for hydroxylation is 1. The third-order valence-electron chi connectivity index (χ3n) is 3.81. The minimum absolute atomic E-state index is 0.0527. The number of amides is 2. The smallest absolute Gasteiger partial charge is 0.255 e. The highest BCUT2D eigenvalue weighted by atomic mass is 16.5. The van der Waals surface area contributed by atoms with Gasteiger partial charge in [0.1, 0.15) is 0 Å². The summed E-state index contributed by atoms with van der Waals surface area (Å²) in [4.78, 5) is 25.9. The molecule has 0 aliphatic heterocycles. The fraction of sp³-hybridized carbons (Fsp3) is 0.647. The summed E-state index contributed by atoms with van der Waals surface area (Å²) in [7, 11) is 3.28. The van der Waals surface area contributed by atoms with Crippen LogP contribution in [-0.2, 0) is 9.53 Å². The van der Waals surface area contributed by atoms with Crippen LogP contribution in [0.2, 0.25) is 0 Å². The van der Waals surface area contributed by atoms with Gasteiger partial charge in [-0.1, -0.05) is 0 Å². The fourth-order valence-corrected chi connectivity index (χ4v) is 2.78. The normalized spacial score (nSPS) is 10.9. The van der Waals surface area contributed by atoms with Gasteiger partial charge in [0.05, 0.1) is 12.1 Å². The molecule has 0 saturated carbocycles. The van der Waals surface area contributed by atoms with E-state index in [9.17, 15) is 9.59 Å². The summed E-state index contributed by atoms with van der Waals surface area (Å²) < 4.78 is 7.06. The molecule has 0 spiro atoms. The quantitative estimate of drug-likeness (QED) is 0.743. The molecule has 0 aromatic carbocycles. The highest BCUT2D eigenvalue weighted by molar-refractivity contribution is 5.97. The first-order valence-electron chi connectivity index (χ1n) is 7.99. The van der Waals surface area contributed by atoms with E-state index in [-0.39, 0.29) is 18.4 Å². The Hall–Kier alpha value is -1.82. The Kier molecular flexibility index (Phi) is 7.29. The lowest BCUT2D eigenvalue weighted by Crippen LogP contribution is -2.39. The lowest BCUT2D eigenvalue weighted by molar-refractivity contribution is -0.121. The monoisotopic (exact) mass is 323 g/mol. The van der Waals surface area contributed by atoms with E-state index in [1.807, 2.05) is 19.9 Å². The standard InChI is InChI=1S/C17H29N3O3/c1-12(2)20-13(3)10-15(14(20)4)17(22)19(5)11-16(21)18-8-7-9-23-6/h10,12H,7-9,11H2,1-6H3,(H,18,21). The third kappa shape index (κ3) is 5.10. The minimum Gasteiger partial charge on any atom is -0.385 e. The van der Waals surface area contributed by atoms with Gasteiger partial charge in [0, 0.05) is 44.7 Å². The van der Waals surface area contributed by atoms with Crippen molar-refractivity contribution < 1.29 is 14.3 Å². The molecular formula is C17H29N3O3. The first-order valence-corrected chi connectivity index (χ1v) is 7.99. The lowest BCUT2D eigenvalue weighted by Gasteiger charge is -2.18. The topological polar surface area (TPSA) is 63.6 Å². The molecule has 0 atom stereocenters. The molecule has 23 heavy (non-hydrogen) atoms. The molecule has 0 bridgehead atoms. The number of hydrogen-bond acceptors (Lipinski definition) is 3. The maximum absolute atomic E-state index is 12.6. The van der Waals surface area contributed by atoms with E-state index >= 15 is 0 Å².